The van der Waals surface area contributed by atoms with Crippen molar-refractivity contribution in [1.29, 1.82) is 0 Å². The SMILES string of the molecule is C[C@H](Oc1ccc(C(C)(C)C)cc1)C(=O)Nc1ccc(S(=O)(=O)Nc2cccc(Cl)c2)cc1. The number of rotatable bonds is 7. The predicted molar refractivity (Wildman–Crippen MR) is 133 cm³/mol. The number of hydrogen-bond donors (Lipinski definition) is 2. The molecule has 8 heteroatoms. The van der Waals surface area contributed by atoms with Crippen LogP contribution in [0.15, 0.2) is 77.7 Å². The van der Waals surface area contributed by atoms with Crippen LogP contribution < -0.4 is 14.8 Å². The minimum atomic E-state index is -3.79. The van der Waals surface area contributed by atoms with Crippen LogP contribution in [0.4, 0.5) is 11.4 Å². The zero-order valence-electron chi connectivity index (χ0n) is 18.9. The van der Waals surface area contributed by atoms with E-state index in [0.717, 1.165) is 0 Å². The van der Waals surface area contributed by atoms with Crippen molar-refractivity contribution in [2.45, 2.75) is 44.1 Å². The third kappa shape index (κ3) is 6.73. The van der Waals surface area contributed by atoms with Crippen LogP contribution >= 0.6 is 11.6 Å². The van der Waals surface area contributed by atoms with Crippen LogP contribution in [0.5, 0.6) is 5.75 Å². The number of anilines is 2. The highest BCUT2D eigenvalue weighted by atomic mass is 35.5. The lowest BCUT2D eigenvalue weighted by Crippen LogP contribution is -2.30. The zero-order valence-corrected chi connectivity index (χ0v) is 20.5. The van der Waals surface area contributed by atoms with Crippen LogP contribution in [-0.4, -0.2) is 20.4 Å². The van der Waals surface area contributed by atoms with Gasteiger partial charge in [-0.2, -0.15) is 0 Å². The van der Waals surface area contributed by atoms with Crippen LogP contribution in [0.1, 0.15) is 33.3 Å². The molecule has 0 saturated heterocycles. The summed E-state index contributed by atoms with van der Waals surface area (Å²) in [7, 11) is -3.79. The molecular weight excluding hydrogens is 460 g/mol. The monoisotopic (exact) mass is 486 g/mol. The lowest BCUT2D eigenvalue weighted by Gasteiger charge is -2.20. The van der Waals surface area contributed by atoms with E-state index < -0.39 is 16.1 Å². The third-order valence-corrected chi connectivity index (χ3v) is 6.54. The molecular formula is C25H27ClN2O4S. The first-order chi connectivity index (χ1) is 15.4. The Labute approximate surface area is 200 Å². The molecule has 0 aromatic heterocycles. The number of halogens is 1. The van der Waals surface area contributed by atoms with E-state index in [1.165, 1.54) is 35.9 Å². The molecule has 0 unspecified atom stereocenters. The minimum absolute atomic E-state index is 0.0326. The fraction of sp³-hybridized carbons (Fsp3) is 0.240. The first-order valence-corrected chi connectivity index (χ1v) is 12.3. The van der Waals surface area contributed by atoms with Gasteiger partial charge in [-0.15, -0.1) is 0 Å². The van der Waals surface area contributed by atoms with E-state index in [1.807, 2.05) is 24.3 Å². The van der Waals surface area contributed by atoms with Crippen molar-refractivity contribution in [2.75, 3.05) is 10.0 Å². The van der Waals surface area contributed by atoms with Crippen molar-refractivity contribution < 1.29 is 17.9 Å². The quantitative estimate of drug-likeness (QED) is 0.439. The second-order valence-electron chi connectivity index (χ2n) is 8.66. The summed E-state index contributed by atoms with van der Waals surface area (Å²) in [6.07, 6.45) is -0.738. The Hall–Kier alpha value is -3.03. The molecule has 174 valence electrons. The molecule has 0 radical (unpaired) electrons. The lowest BCUT2D eigenvalue weighted by atomic mass is 9.87. The Morgan fingerprint density at radius 1 is 0.939 bits per heavy atom. The summed E-state index contributed by atoms with van der Waals surface area (Å²) in [5.74, 6) is 0.252. The summed E-state index contributed by atoms with van der Waals surface area (Å²) in [5, 5.41) is 3.16. The van der Waals surface area contributed by atoms with E-state index in [9.17, 15) is 13.2 Å². The fourth-order valence-electron chi connectivity index (χ4n) is 3.02. The smallest absolute Gasteiger partial charge is 0.265 e. The van der Waals surface area contributed by atoms with Gasteiger partial charge in [0.15, 0.2) is 6.10 Å². The normalized spacial score (nSPS) is 12.6. The highest BCUT2D eigenvalue weighted by molar-refractivity contribution is 7.92. The molecule has 0 bridgehead atoms. The van der Waals surface area contributed by atoms with Crippen molar-refractivity contribution in [1.82, 2.24) is 0 Å². The number of hydrogen-bond acceptors (Lipinski definition) is 4. The maximum absolute atomic E-state index is 12.6. The Bertz CT molecular complexity index is 1220. The first-order valence-electron chi connectivity index (χ1n) is 10.4. The third-order valence-electron chi connectivity index (χ3n) is 4.91. The molecule has 33 heavy (non-hydrogen) atoms. The second-order valence-corrected chi connectivity index (χ2v) is 10.8. The van der Waals surface area contributed by atoms with E-state index in [0.29, 0.717) is 22.1 Å². The molecule has 0 spiro atoms. The molecule has 0 aliphatic rings. The van der Waals surface area contributed by atoms with E-state index in [-0.39, 0.29) is 16.2 Å². The van der Waals surface area contributed by atoms with Gasteiger partial charge < -0.3 is 10.1 Å². The minimum Gasteiger partial charge on any atom is -0.481 e. The number of sulfonamides is 1. The van der Waals surface area contributed by atoms with Crippen LogP contribution in [-0.2, 0) is 20.2 Å². The molecule has 0 saturated carbocycles. The first kappa shape index (κ1) is 24.6. The van der Waals surface area contributed by atoms with Crippen molar-refractivity contribution in [3.8, 4) is 5.75 Å². The highest BCUT2D eigenvalue weighted by Gasteiger charge is 2.18. The number of nitrogens with one attached hydrogen (secondary N) is 2. The maximum Gasteiger partial charge on any atom is 0.265 e. The molecule has 0 heterocycles. The van der Waals surface area contributed by atoms with Crippen LogP contribution in [0.2, 0.25) is 5.02 Å². The number of carbonyl (C=O) groups excluding carboxylic acids is 1. The molecule has 3 aromatic rings. The van der Waals surface area contributed by atoms with E-state index in [4.69, 9.17) is 16.3 Å². The standard InChI is InChI=1S/C25H27ClN2O4S/c1-17(32-22-12-8-18(9-13-22)25(2,3)4)24(29)27-20-10-14-23(15-11-20)33(30,31)28-21-7-5-6-19(26)16-21/h5-17,28H,1-4H3,(H,27,29)/t17-/m0/s1. The van der Waals surface area contributed by atoms with E-state index >= 15 is 0 Å². The van der Waals surface area contributed by atoms with Gasteiger partial charge in [-0.25, -0.2) is 8.42 Å². The van der Waals surface area contributed by atoms with Gasteiger partial charge in [0, 0.05) is 10.7 Å². The average Bonchev–Trinajstić information content (AvgIpc) is 2.73. The molecule has 0 aliphatic carbocycles. The van der Waals surface area contributed by atoms with Crippen molar-refractivity contribution >= 4 is 38.9 Å². The fourth-order valence-corrected chi connectivity index (χ4v) is 4.26. The molecule has 0 fully saturated rings. The van der Waals surface area contributed by atoms with Crippen molar-refractivity contribution in [3.63, 3.8) is 0 Å². The van der Waals surface area contributed by atoms with E-state index in [1.54, 1.807) is 25.1 Å². The summed E-state index contributed by atoms with van der Waals surface area (Å²) in [6, 6.07) is 20.0. The summed E-state index contributed by atoms with van der Waals surface area (Å²) < 4.78 is 33.4. The molecule has 1 atom stereocenters. The highest BCUT2D eigenvalue weighted by Crippen LogP contribution is 2.25. The summed E-state index contributed by atoms with van der Waals surface area (Å²) in [6.45, 7) is 8.04. The molecule has 2 N–H and O–H groups in total. The molecule has 0 aliphatic heterocycles. The zero-order chi connectivity index (χ0) is 24.2. The lowest BCUT2D eigenvalue weighted by molar-refractivity contribution is -0.122. The summed E-state index contributed by atoms with van der Waals surface area (Å²) in [4.78, 5) is 12.6. The van der Waals surface area contributed by atoms with Gasteiger partial charge >= 0.3 is 0 Å². The van der Waals surface area contributed by atoms with Gasteiger partial charge in [-0.3, -0.25) is 9.52 Å². The van der Waals surface area contributed by atoms with E-state index in [2.05, 4.69) is 30.8 Å². The van der Waals surface area contributed by atoms with Gasteiger partial charge in [0.25, 0.3) is 15.9 Å². The Kier molecular flexibility index (Phi) is 7.34. The van der Waals surface area contributed by atoms with Gasteiger partial charge in [0.05, 0.1) is 10.6 Å². The van der Waals surface area contributed by atoms with Crippen LogP contribution in [0.25, 0.3) is 0 Å². The summed E-state index contributed by atoms with van der Waals surface area (Å²) in [5.41, 5.74) is 2.03. The van der Waals surface area contributed by atoms with Crippen LogP contribution in [0.3, 0.4) is 0 Å². The molecule has 3 rings (SSSR count). The number of ether oxygens (including phenoxy) is 1. The Morgan fingerprint density at radius 2 is 1.58 bits per heavy atom. The molecule has 1 amide bonds. The average molecular weight is 487 g/mol. The molecule has 6 nitrogen and oxygen atoms in total. The van der Waals surface area contributed by atoms with Crippen LogP contribution in [0, 0.1) is 0 Å². The Balaban J connectivity index is 1.61. The molecule has 3 aromatic carbocycles. The van der Waals surface area contributed by atoms with Gasteiger partial charge in [-0.05, 0) is 72.5 Å². The van der Waals surface area contributed by atoms with Gasteiger partial charge in [0.1, 0.15) is 5.75 Å². The second kappa shape index (κ2) is 9.85. The van der Waals surface area contributed by atoms with Crippen molar-refractivity contribution in [3.05, 3.63) is 83.4 Å². The van der Waals surface area contributed by atoms with Gasteiger partial charge in [-0.1, -0.05) is 50.6 Å². The number of benzene rings is 3. The predicted octanol–water partition coefficient (Wildman–Crippen LogP) is 5.84. The van der Waals surface area contributed by atoms with Crippen molar-refractivity contribution in [2.24, 2.45) is 0 Å². The van der Waals surface area contributed by atoms with Gasteiger partial charge in [0.2, 0.25) is 0 Å². The maximum atomic E-state index is 12.6. The largest absolute Gasteiger partial charge is 0.481 e. The summed E-state index contributed by atoms with van der Waals surface area (Å²) >= 11 is 5.91. The number of carbonyl (C=O) groups is 1. The Morgan fingerprint density at radius 3 is 2.15 bits per heavy atom. The topological polar surface area (TPSA) is 84.5 Å². The number of amides is 1.